The monoisotopic (exact) mass is 188 g/mol. The maximum atomic E-state index is 5.52. The van der Waals surface area contributed by atoms with Crippen molar-refractivity contribution in [2.45, 2.75) is 25.4 Å². The van der Waals surface area contributed by atoms with Gasteiger partial charge in [0.15, 0.2) is 5.11 Å². The Bertz CT molecular complexity index is 146. The second-order valence-electron chi connectivity index (χ2n) is 2.95. The van der Waals surface area contributed by atoms with Gasteiger partial charge in [-0.25, -0.2) is 0 Å². The van der Waals surface area contributed by atoms with Crippen molar-refractivity contribution in [1.29, 1.82) is 0 Å². The lowest BCUT2D eigenvalue weighted by atomic mass is 10.1. The Balaban J connectivity index is 2.09. The molecule has 70 valence electrons. The standard InChI is InChI=1S/C8H16N2OS/c1-9-8(12)10-6-7-4-2-3-5-11-7/h7H,2-6H2,1H3,(H2,9,10,12). The van der Waals surface area contributed by atoms with Gasteiger partial charge in [0, 0.05) is 20.2 Å². The molecule has 0 radical (unpaired) electrons. The third-order valence-corrected chi connectivity index (χ3v) is 2.34. The van der Waals surface area contributed by atoms with E-state index in [2.05, 4.69) is 10.6 Å². The summed E-state index contributed by atoms with van der Waals surface area (Å²) in [5, 5.41) is 6.66. The molecule has 1 fully saturated rings. The molecule has 0 saturated carbocycles. The van der Waals surface area contributed by atoms with Crippen molar-refractivity contribution in [3.63, 3.8) is 0 Å². The molecule has 1 atom stereocenters. The van der Waals surface area contributed by atoms with Gasteiger partial charge in [0.1, 0.15) is 0 Å². The molecule has 1 saturated heterocycles. The van der Waals surface area contributed by atoms with E-state index in [4.69, 9.17) is 17.0 Å². The Kier molecular flexibility index (Phi) is 4.32. The van der Waals surface area contributed by atoms with Crippen LogP contribution in [0, 0.1) is 0 Å². The third kappa shape index (κ3) is 3.36. The number of hydrogen-bond donors (Lipinski definition) is 2. The summed E-state index contributed by atoms with van der Waals surface area (Å²) in [4.78, 5) is 0. The molecule has 0 aromatic heterocycles. The lowest BCUT2D eigenvalue weighted by Gasteiger charge is -2.23. The van der Waals surface area contributed by atoms with Crippen LogP contribution in [0.25, 0.3) is 0 Å². The number of hydrogen-bond acceptors (Lipinski definition) is 2. The molecular formula is C8H16N2OS. The average molecular weight is 188 g/mol. The Labute approximate surface area is 78.9 Å². The van der Waals surface area contributed by atoms with Crippen LogP contribution >= 0.6 is 12.2 Å². The molecule has 0 amide bonds. The molecule has 0 bridgehead atoms. The highest BCUT2D eigenvalue weighted by atomic mass is 32.1. The molecule has 4 heteroatoms. The molecule has 1 aliphatic heterocycles. The van der Waals surface area contributed by atoms with Crippen LogP contribution in [-0.4, -0.2) is 31.4 Å². The highest BCUT2D eigenvalue weighted by Crippen LogP contribution is 2.11. The fourth-order valence-corrected chi connectivity index (χ4v) is 1.35. The number of thiocarbonyl (C=S) groups is 1. The summed E-state index contributed by atoms with van der Waals surface area (Å²) >= 11 is 4.95. The highest BCUT2D eigenvalue weighted by molar-refractivity contribution is 7.80. The van der Waals surface area contributed by atoms with E-state index in [0.29, 0.717) is 11.2 Å². The Morgan fingerprint density at radius 3 is 3.00 bits per heavy atom. The smallest absolute Gasteiger partial charge is 0.166 e. The second kappa shape index (κ2) is 5.32. The molecule has 1 heterocycles. The largest absolute Gasteiger partial charge is 0.376 e. The van der Waals surface area contributed by atoms with Gasteiger partial charge in [-0.15, -0.1) is 0 Å². The second-order valence-corrected chi connectivity index (χ2v) is 3.36. The fourth-order valence-electron chi connectivity index (χ4n) is 1.26. The van der Waals surface area contributed by atoms with E-state index in [0.717, 1.165) is 19.6 Å². The van der Waals surface area contributed by atoms with Crippen LogP contribution in [0.3, 0.4) is 0 Å². The minimum atomic E-state index is 0.352. The Hall–Kier alpha value is -0.350. The van der Waals surface area contributed by atoms with Gasteiger partial charge in [-0.05, 0) is 31.5 Å². The van der Waals surface area contributed by atoms with Crippen molar-refractivity contribution in [3.8, 4) is 0 Å². The Morgan fingerprint density at radius 1 is 1.58 bits per heavy atom. The first kappa shape index (κ1) is 9.74. The van der Waals surface area contributed by atoms with Gasteiger partial charge in [0.05, 0.1) is 6.10 Å². The van der Waals surface area contributed by atoms with Crippen LogP contribution in [0.5, 0.6) is 0 Å². The predicted octanol–water partition coefficient (Wildman–Crippen LogP) is 0.649. The Morgan fingerprint density at radius 2 is 2.42 bits per heavy atom. The van der Waals surface area contributed by atoms with E-state index in [9.17, 15) is 0 Å². The van der Waals surface area contributed by atoms with Crippen LogP contribution in [0.1, 0.15) is 19.3 Å². The quantitative estimate of drug-likeness (QED) is 0.623. The van der Waals surface area contributed by atoms with Gasteiger partial charge in [0.2, 0.25) is 0 Å². The first-order chi connectivity index (χ1) is 5.83. The van der Waals surface area contributed by atoms with Crippen LogP contribution in [0.4, 0.5) is 0 Å². The summed E-state index contributed by atoms with van der Waals surface area (Å²) in [6.07, 6.45) is 3.98. The number of rotatable bonds is 2. The van der Waals surface area contributed by atoms with Gasteiger partial charge in [-0.3, -0.25) is 0 Å². The molecule has 2 N–H and O–H groups in total. The highest BCUT2D eigenvalue weighted by Gasteiger charge is 2.13. The number of ether oxygens (including phenoxy) is 1. The van der Waals surface area contributed by atoms with Crippen LogP contribution in [0.2, 0.25) is 0 Å². The van der Waals surface area contributed by atoms with Crippen molar-refractivity contribution < 1.29 is 4.74 Å². The molecule has 0 aromatic rings. The first-order valence-corrected chi connectivity index (χ1v) is 4.81. The SMILES string of the molecule is CNC(=S)NCC1CCCCO1. The molecule has 3 nitrogen and oxygen atoms in total. The maximum Gasteiger partial charge on any atom is 0.166 e. The maximum absolute atomic E-state index is 5.52. The summed E-state index contributed by atoms with van der Waals surface area (Å²) in [6.45, 7) is 1.73. The molecule has 0 aliphatic carbocycles. The zero-order valence-corrected chi connectivity index (χ0v) is 8.25. The topological polar surface area (TPSA) is 33.3 Å². The molecule has 0 spiro atoms. The van der Waals surface area contributed by atoms with Crippen molar-refractivity contribution in [1.82, 2.24) is 10.6 Å². The minimum absolute atomic E-state index is 0.352. The molecule has 1 rings (SSSR count). The fraction of sp³-hybridized carbons (Fsp3) is 0.875. The molecule has 1 unspecified atom stereocenters. The third-order valence-electron chi connectivity index (χ3n) is 1.99. The zero-order valence-electron chi connectivity index (χ0n) is 7.43. The minimum Gasteiger partial charge on any atom is -0.376 e. The van der Waals surface area contributed by atoms with Crippen molar-refractivity contribution in [2.75, 3.05) is 20.2 Å². The van der Waals surface area contributed by atoms with E-state index in [1.807, 2.05) is 7.05 Å². The predicted molar refractivity (Wildman–Crippen MR) is 53.3 cm³/mol. The summed E-state index contributed by atoms with van der Waals surface area (Å²) in [5.41, 5.74) is 0. The van der Waals surface area contributed by atoms with Gasteiger partial charge >= 0.3 is 0 Å². The van der Waals surface area contributed by atoms with E-state index in [-0.39, 0.29) is 0 Å². The van der Waals surface area contributed by atoms with Crippen LogP contribution < -0.4 is 10.6 Å². The van der Waals surface area contributed by atoms with E-state index in [1.165, 1.54) is 12.8 Å². The van der Waals surface area contributed by atoms with Crippen molar-refractivity contribution in [3.05, 3.63) is 0 Å². The molecular weight excluding hydrogens is 172 g/mol. The van der Waals surface area contributed by atoms with E-state index >= 15 is 0 Å². The zero-order chi connectivity index (χ0) is 8.81. The van der Waals surface area contributed by atoms with Crippen molar-refractivity contribution >= 4 is 17.3 Å². The van der Waals surface area contributed by atoms with Crippen LogP contribution in [0.15, 0.2) is 0 Å². The van der Waals surface area contributed by atoms with E-state index in [1.54, 1.807) is 0 Å². The lowest BCUT2D eigenvalue weighted by Crippen LogP contribution is -2.39. The normalized spacial score (nSPS) is 23.2. The van der Waals surface area contributed by atoms with Gasteiger partial charge in [-0.2, -0.15) is 0 Å². The summed E-state index contributed by atoms with van der Waals surface area (Å²) in [6, 6.07) is 0. The van der Waals surface area contributed by atoms with Crippen molar-refractivity contribution in [2.24, 2.45) is 0 Å². The number of nitrogens with one attached hydrogen (secondary N) is 2. The summed E-state index contributed by atoms with van der Waals surface area (Å²) in [7, 11) is 1.82. The van der Waals surface area contributed by atoms with Gasteiger partial charge in [-0.1, -0.05) is 0 Å². The molecule has 0 aromatic carbocycles. The molecule has 12 heavy (non-hydrogen) atoms. The average Bonchev–Trinajstić information content (AvgIpc) is 2.16. The summed E-state index contributed by atoms with van der Waals surface area (Å²) in [5.74, 6) is 0. The van der Waals surface area contributed by atoms with Gasteiger partial charge in [0.25, 0.3) is 0 Å². The lowest BCUT2D eigenvalue weighted by molar-refractivity contribution is 0.0195. The van der Waals surface area contributed by atoms with E-state index < -0.39 is 0 Å². The molecule has 1 aliphatic rings. The van der Waals surface area contributed by atoms with Crippen LogP contribution in [-0.2, 0) is 4.74 Å². The first-order valence-electron chi connectivity index (χ1n) is 4.40. The van der Waals surface area contributed by atoms with Gasteiger partial charge < -0.3 is 15.4 Å². The summed E-state index contributed by atoms with van der Waals surface area (Å²) < 4.78 is 5.52.